The first kappa shape index (κ1) is 21.0. The third-order valence-corrected chi connectivity index (χ3v) is 4.66. The largest absolute Gasteiger partial charge is 0.503 e. The van der Waals surface area contributed by atoms with Crippen molar-refractivity contribution in [1.82, 2.24) is 4.90 Å². The van der Waals surface area contributed by atoms with Crippen molar-refractivity contribution in [3.05, 3.63) is 41.2 Å². The first-order chi connectivity index (χ1) is 12.7. The van der Waals surface area contributed by atoms with E-state index in [1.165, 1.54) is 0 Å². The number of aliphatic hydroxyl groups excluding tert-OH is 1. The number of carbonyl (C=O) groups is 2. The molecule has 0 bridgehead atoms. The lowest BCUT2D eigenvalue weighted by molar-refractivity contribution is -0.129. The fourth-order valence-corrected chi connectivity index (χ4v) is 3.19. The van der Waals surface area contributed by atoms with Gasteiger partial charge in [0.25, 0.3) is 5.91 Å². The summed E-state index contributed by atoms with van der Waals surface area (Å²) in [6.07, 6.45) is 2.80. The summed E-state index contributed by atoms with van der Waals surface area (Å²) in [5.74, 6) is -0.343. The van der Waals surface area contributed by atoms with Crippen LogP contribution in [-0.4, -0.2) is 34.8 Å². The maximum absolute atomic E-state index is 13.0. The highest BCUT2D eigenvalue weighted by Crippen LogP contribution is 2.41. The van der Waals surface area contributed by atoms with Crippen molar-refractivity contribution in [3.8, 4) is 5.75 Å². The maximum atomic E-state index is 13.0. The molecule has 1 unspecified atom stereocenters. The summed E-state index contributed by atoms with van der Waals surface area (Å²) >= 11 is 0. The van der Waals surface area contributed by atoms with Crippen molar-refractivity contribution in [3.63, 3.8) is 0 Å². The summed E-state index contributed by atoms with van der Waals surface area (Å²) < 4.78 is 5.70. The molecule has 0 spiro atoms. The smallest absolute Gasteiger partial charge is 0.290 e. The number of hydrogen-bond donors (Lipinski definition) is 1. The number of ether oxygens (including phenoxy) is 1. The van der Waals surface area contributed by atoms with E-state index in [-0.39, 0.29) is 11.4 Å². The second kappa shape index (κ2) is 8.59. The van der Waals surface area contributed by atoms with Crippen LogP contribution >= 0.6 is 0 Å². The molecule has 0 saturated heterocycles. The monoisotopic (exact) mass is 373 g/mol. The van der Waals surface area contributed by atoms with Crippen LogP contribution in [0.5, 0.6) is 5.75 Å². The molecule has 2 rings (SSSR count). The number of ketones is 1. The Morgan fingerprint density at radius 1 is 1.15 bits per heavy atom. The Morgan fingerprint density at radius 3 is 2.30 bits per heavy atom. The standard InChI is InChI=1S/C22H31NO4/c1-6-8-14-27-16-11-9-15(10-12-16)18-17(20(25)22(3,4)5)19(24)21(26)23(18)13-7-2/h9-12,18,24H,6-8,13-14H2,1-5H3. The predicted octanol–water partition coefficient (Wildman–Crippen LogP) is 4.59. The number of aliphatic hydroxyl groups is 1. The van der Waals surface area contributed by atoms with Crippen LogP contribution in [0.15, 0.2) is 35.6 Å². The Bertz CT molecular complexity index is 713. The molecule has 1 N–H and O–H groups in total. The van der Waals surface area contributed by atoms with Crippen molar-refractivity contribution in [2.24, 2.45) is 5.41 Å². The van der Waals surface area contributed by atoms with E-state index in [9.17, 15) is 14.7 Å². The predicted molar refractivity (Wildman–Crippen MR) is 106 cm³/mol. The van der Waals surface area contributed by atoms with E-state index in [1.54, 1.807) is 25.7 Å². The summed E-state index contributed by atoms with van der Waals surface area (Å²) in [6, 6.07) is 6.89. The van der Waals surface area contributed by atoms with E-state index in [2.05, 4.69) is 6.92 Å². The quantitative estimate of drug-likeness (QED) is 0.677. The molecule has 27 heavy (non-hydrogen) atoms. The zero-order chi connectivity index (χ0) is 20.2. The van der Waals surface area contributed by atoms with E-state index in [4.69, 9.17) is 4.74 Å². The number of Topliss-reactive ketones (excluding diaryl/α,β-unsaturated/α-hetero) is 1. The van der Waals surface area contributed by atoms with Crippen LogP contribution in [0.25, 0.3) is 0 Å². The van der Waals surface area contributed by atoms with Crippen molar-refractivity contribution in [2.45, 2.75) is 59.9 Å². The third-order valence-electron chi connectivity index (χ3n) is 4.66. The molecule has 0 fully saturated rings. The van der Waals surface area contributed by atoms with Crippen molar-refractivity contribution in [2.75, 3.05) is 13.2 Å². The fraction of sp³-hybridized carbons (Fsp3) is 0.545. The van der Waals surface area contributed by atoms with Crippen LogP contribution in [0, 0.1) is 5.41 Å². The zero-order valence-corrected chi connectivity index (χ0v) is 17.0. The highest BCUT2D eigenvalue weighted by atomic mass is 16.5. The third kappa shape index (κ3) is 4.52. The van der Waals surface area contributed by atoms with E-state index in [0.717, 1.165) is 30.6 Å². The first-order valence-corrected chi connectivity index (χ1v) is 9.74. The molecule has 1 aliphatic heterocycles. The van der Waals surface area contributed by atoms with Crippen LogP contribution in [-0.2, 0) is 9.59 Å². The van der Waals surface area contributed by atoms with Crippen LogP contribution in [0.4, 0.5) is 0 Å². The Labute approximate surface area is 162 Å². The summed E-state index contributed by atoms with van der Waals surface area (Å²) in [6.45, 7) is 10.6. The van der Waals surface area contributed by atoms with Crippen molar-refractivity contribution < 1.29 is 19.4 Å². The average Bonchev–Trinajstić information content (AvgIpc) is 2.86. The van der Waals surface area contributed by atoms with Gasteiger partial charge < -0.3 is 14.7 Å². The van der Waals surface area contributed by atoms with Gasteiger partial charge in [0.05, 0.1) is 18.2 Å². The SMILES string of the molecule is CCCCOc1ccc(C2C(C(=O)C(C)(C)C)=C(O)C(=O)N2CCC)cc1. The molecule has 1 aromatic rings. The topological polar surface area (TPSA) is 66.8 Å². The minimum Gasteiger partial charge on any atom is -0.503 e. The molecule has 0 aromatic heterocycles. The van der Waals surface area contributed by atoms with Gasteiger partial charge in [0.15, 0.2) is 11.5 Å². The Hall–Kier alpha value is -2.30. The normalized spacial score (nSPS) is 17.6. The van der Waals surface area contributed by atoms with E-state index in [1.807, 2.05) is 31.2 Å². The van der Waals surface area contributed by atoms with Gasteiger partial charge in [-0.25, -0.2) is 0 Å². The molecule has 1 atom stereocenters. The lowest BCUT2D eigenvalue weighted by atomic mass is 9.82. The molecule has 0 aliphatic carbocycles. The molecule has 0 saturated carbocycles. The number of nitrogens with zero attached hydrogens (tertiary/aromatic N) is 1. The number of carbonyl (C=O) groups excluding carboxylic acids is 2. The molecular formula is C22H31NO4. The highest BCUT2D eigenvalue weighted by Gasteiger charge is 2.45. The molecule has 1 amide bonds. The van der Waals surface area contributed by atoms with Gasteiger partial charge in [-0.3, -0.25) is 9.59 Å². The molecule has 148 valence electrons. The van der Waals surface area contributed by atoms with Crippen LogP contribution in [0.1, 0.15) is 65.5 Å². The van der Waals surface area contributed by atoms with Gasteiger partial charge in [0.1, 0.15) is 5.75 Å². The van der Waals surface area contributed by atoms with E-state index >= 15 is 0 Å². The van der Waals surface area contributed by atoms with Crippen molar-refractivity contribution in [1.29, 1.82) is 0 Å². The molecule has 0 radical (unpaired) electrons. The summed E-state index contributed by atoms with van der Waals surface area (Å²) in [4.78, 5) is 27.2. The lowest BCUT2D eigenvalue weighted by Gasteiger charge is -2.28. The number of hydrogen-bond acceptors (Lipinski definition) is 4. The maximum Gasteiger partial charge on any atom is 0.290 e. The number of rotatable bonds is 8. The Morgan fingerprint density at radius 2 is 1.78 bits per heavy atom. The lowest BCUT2D eigenvalue weighted by Crippen LogP contribution is -2.33. The van der Waals surface area contributed by atoms with Gasteiger partial charge in [-0.1, -0.05) is 53.2 Å². The second-order valence-corrected chi connectivity index (χ2v) is 8.01. The van der Waals surface area contributed by atoms with Crippen LogP contribution in [0.3, 0.4) is 0 Å². The second-order valence-electron chi connectivity index (χ2n) is 8.01. The highest BCUT2D eigenvalue weighted by molar-refractivity contribution is 6.10. The minimum atomic E-state index is -0.687. The van der Waals surface area contributed by atoms with Gasteiger partial charge >= 0.3 is 0 Å². The van der Waals surface area contributed by atoms with E-state index < -0.39 is 23.1 Å². The van der Waals surface area contributed by atoms with Crippen LogP contribution in [0.2, 0.25) is 0 Å². The van der Waals surface area contributed by atoms with Gasteiger partial charge in [-0.2, -0.15) is 0 Å². The molecular weight excluding hydrogens is 342 g/mol. The van der Waals surface area contributed by atoms with Crippen LogP contribution < -0.4 is 4.74 Å². The van der Waals surface area contributed by atoms with Crippen molar-refractivity contribution >= 4 is 11.7 Å². The fourth-order valence-electron chi connectivity index (χ4n) is 3.19. The summed E-state index contributed by atoms with van der Waals surface area (Å²) in [5, 5.41) is 10.5. The first-order valence-electron chi connectivity index (χ1n) is 9.74. The zero-order valence-electron chi connectivity index (χ0n) is 17.0. The number of benzene rings is 1. The molecule has 1 aromatic carbocycles. The van der Waals surface area contributed by atoms with E-state index in [0.29, 0.717) is 13.2 Å². The minimum absolute atomic E-state index is 0.195. The average molecular weight is 373 g/mol. The Balaban J connectivity index is 2.39. The van der Waals surface area contributed by atoms with Gasteiger partial charge in [-0.15, -0.1) is 0 Å². The summed E-state index contributed by atoms with van der Waals surface area (Å²) in [5.41, 5.74) is 0.310. The van der Waals surface area contributed by atoms with Gasteiger partial charge in [-0.05, 0) is 30.5 Å². The molecule has 5 heteroatoms. The number of amides is 1. The molecule has 1 heterocycles. The molecule has 1 aliphatic rings. The van der Waals surface area contributed by atoms with Gasteiger partial charge in [0.2, 0.25) is 0 Å². The molecule has 5 nitrogen and oxygen atoms in total. The van der Waals surface area contributed by atoms with Gasteiger partial charge in [0, 0.05) is 12.0 Å². The Kier molecular flexibility index (Phi) is 6.68. The summed E-state index contributed by atoms with van der Waals surface area (Å²) in [7, 11) is 0. The number of unbranched alkanes of at least 4 members (excludes halogenated alkanes) is 1.